The number of Topliss-reactive ketones (excluding diaryl/α,β-unsaturated/α-hetero) is 1. The summed E-state index contributed by atoms with van der Waals surface area (Å²) in [5.41, 5.74) is 0.764. The molecule has 2 rings (SSSR count). The monoisotopic (exact) mass is 457 g/mol. The lowest BCUT2D eigenvalue weighted by Gasteiger charge is -2.24. The highest BCUT2D eigenvalue weighted by Crippen LogP contribution is 2.24. The molecule has 2 aliphatic rings. The second kappa shape index (κ2) is 13.0. The van der Waals surface area contributed by atoms with E-state index in [1.54, 1.807) is 19.1 Å². The number of amides is 2. The number of nitrogens with one attached hydrogen (secondary N) is 1. The van der Waals surface area contributed by atoms with Crippen LogP contribution in [-0.2, 0) is 23.9 Å². The quantitative estimate of drug-likeness (QED) is 0.345. The molecule has 0 radical (unpaired) electrons. The summed E-state index contributed by atoms with van der Waals surface area (Å²) in [6.45, 7) is 5.53. The second-order valence-corrected chi connectivity index (χ2v) is 9.01. The van der Waals surface area contributed by atoms with E-state index in [0.717, 1.165) is 18.4 Å². The van der Waals surface area contributed by atoms with E-state index in [1.807, 2.05) is 38.2 Å². The Kier molecular flexibility index (Phi) is 10.5. The zero-order valence-corrected chi connectivity index (χ0v) is 19.7. The fraction of sp³-hybridized carbons (Fsp3) is 0.538. The maximum absolute atomic E-state index is 12.7. The molecule has 2 heterocycles. The van der Waals surface area contributed by atoms with Crippen LogP contribution in [0.15, 0.2) is 48.1 Å². The lowest BCUT2D eigenvalue weighted by molar-refractivity contribution is -0.142. The van der Waals surface area contributed by atoms with E-state index in [9.17, 15) is 24.3 Å². The average molecular weight is 458 g/mol. The van der Waals surface area contributed by atoms with Crippen molar-refractivity contribution in [2.45, 2.75) is 71.5 Å². The molecule has 7 nitrogen and oxygen atoms in total. The molecule has 0 aromatic heterocycles. The maximum Gasteiger partial charge on any atom is 0.331 e. The van der Waals surface area contributed by atoms with Crippen LogP contribution < -0.4 is 5.32 Å². The van der Waals surface area contributed by atoms with Gasteiger partial charge < -0.3 is 9.84 Å². The zero-order valence-electron chi connectivity index (χ0n) is 19.7. The van der Waals surface area contributed by atoms with Gasteiger partial charge in [0.1, 0.15) is 11.9 Å². The van der Waals surface area contributed by atoms with Crippen molar-refractivity contribution in [3.8, 4) is 0 Å². The van der Waals surface area contributed by atoms with Gasteiger partial charge in [0, 0.05) is 37.2 Å². The molecular weight excluding hydrogens is 422 g/mol. The number of carbonyl (C=O) groups is 4. The molecule has 1 fully saturated rings. The normalized spacial score (nSPS) is 25.0. The van der Waals surface area contributed by atoms with E-state index in [2.05, 4.69) is 5.32 Å². The number of aliphatic hydroxyl groups excluding tert-OH is 1. The molecular formula is C26H35NO6. The molecule has 2 aliphatic heterocycles. The number of imide groups is 1. The Bertz CT molecular complexity index is 837. The van der Waals surface area contributed by atoms with Crippen LogP contribution in [0.3, 0.4) is 0 Å². The summed E-state index contributed by atoms with van der Waals surface area (Å²) < 4.78 is 5.68. The number of cyclic esters (lactones) is 1. The Morgan fingerprint density at radius 2 is 1.85 bits per heavy atom. The highest BCUT2D eigenvalue weighted by atomic mass is 16.5. The van der Waals surface area contributed by atoms with Gasteiger partial charge in [-0.25, -0.2) is 4.79 Å². The lowest BCUT2D eigenvalue weighted by Crippen LogP contribution is -2.39. The molecule has 4 atom stereocenters. The Morgan fingerprint density at radius 3 is 2.55 bits per heavy atom. The third kappa shape index (κ3) is 9.30. The number of esters is 1. The molecule has 180 valence electrons. The molecule has 1 saturated heterocycles. The van der Waals surface area contributed by atoms with Crippen molar-refractivity contribution in [2.75, 3.05) is 0 Å². The predicted molar refractivity (Wildman–Crippen MR) is 125 cm³/mol. The van der Waals surface area contributed by atoms with Crippen LogP contribution in [0.1, 0.15) is 59.3 Å². The molecule has 0 spiro atoms. The topological polar surface area (TPSA) is 110 Å². The van der Waals surface area contributed by atoms with Gasteiger partial charge in [-0.2, -0.15) is 0 Å². The van der Waals surface area contributed by atoms with Crippen molar-refractivity contribution < 1.29 is 29.0 Å². The molecule has 33 heavy (non-hydrogen) atoms. The summed E-state index contributed by atoms with van der Waals surface area (Å²) in [5, 5.41) is 12.6. The van der Waals surface area contributed by atoms with Gasteiger partial charge in [-0.15, -0.1) is 0 Å². The fourth-order valence-electron chi connectivity index (χ4n) is 4.16. The summed E-state index contributed by atoms with van der Waals surface area (Å²) in [4.78, 5) is 47.9. The molecule has 0 saturated carbocycles. The smallest absolute Gasteiger partial charge is 0.331 e. The number of hydrogen-bond acceptors (Lipinski definition) is 6. The molecule has 2 amide bonds. The third-order valence-corrected chi connectivity index (χ3v) is 5.88. The van der Waals surface area contributed by atoms with Gasteiger partial charge >= 0.3 is 5.97 Å². The minimum absolute atomic E-state index is 0.0648. The van der Waals surface area contributed by atoms with Crippen LogP contribution in [0.4, 0.5) is 0 Å². The number of rotatable bonds is 7. The lowest BCUT2D eigenvalue weighted by atomic mass is 9.88. The van der Waals surface area contributed by atoms with E-state index >= 15 is 0 Å². The minimum Gasteiger partial charge on any atom is -0.454 e. The van der Waals surface area contributed by atoms with Crippen LogP contribution in [0.2, 0.25) is 0 Å². The first kappa shape index (κ1) is 26.5. The zero-order chi connectivity index (χ0) is 24.4. The van der Waals surface area contributed by atoms with E-state index in [-0.39, 0.29) is 55.1 Å². The van der Waals surface area contributed by atoms with Gasteiger partial charge in [0.05, 0.1) is 6.10 Å². The summed E-state index contributed by atoms with van der Waals surface area (Å²) >= 11 is 0. The van der Waals surface area contributed by atoms with Gasteiger partial charge in [0.25, 0.3) is 0 Å². The van der Waals surface area contributed by atoms with E-state index in [0.29, 0.717) is 0 Å². The number of aliphatic hydroxyl groups is 1. The highest BCUT2D eigenvalue weighted by Gasteiger charge is 2.28. The number of hydrogen-bond donors (Lipinski definition) is 2. The van der Waals surface area contributed by atoms with Gasteiger partial charge in [-0.3, -0.25) is 19.7 Å². The highest BCUT2D eigenvalue weighted by molar-refractivity contribution is 5.97. The summed E-state index contributed by atoms with van der Waals surface area (Å²) in [7, 11) is 0. The summed E-state index contributed by atoms with van der Waals surface area (Å²) in [6, 6.07) is 0. The SMILES string of the molecule is CC(=C[C@H](C)C(=O)C[C@H](O)CC1CC(=O)NC(=O)C1)[C@@H]1OC(=O)C=CCCC=CC=C[C@@H]1C. The Hall–Kier alpha value is -2.80. The van der Waals surface area contributed by atoms with Crippen molar-refractivity contribution in [3.05, 3.63) is 48.1 Å². The Morgan fingerprint density at radius 1 is 1.18 bits per heavy atom. The molecule has 0 aliphatic carbocycles. The van der Waals surface area contributed by atoms with Crippen LogP contribution in [0, 0.1) is 17.8 Å². The van der Waals surface area contributed by atoms with Crippen molar-refractivity contribution in [3.63, 3.8) is 0 Å². The van der Waals surface area contributed by atoms with Crippen LogP contribution in [-0.4, -0.2) is 40.9 Å². The van der Waals surface area contributed by atoms with Crippen molar-refractivity contribution in [1.29, 1.82) is 0 Å². The van der Waals surface area contributed by atoms with E-state index < -0.39 is 24.1 Å². The van der Waals surface area contributed by atoms with Crippen LogP contribution in [0.5, 0.6) is 0 Å². The van der Waals surface area contributed by atoms with Crippen molar-refractivity contribution in [1.82, 2.24) is 5.32 Å². The van der Waals surface area contributed by atoms with Gasteiger partial charge in [0.2, 0.25) is 11.8 Å². The molecule has 0 aromatic rings. The third-order valence-electron chi connectivity index (χ3n) is 5.88. The van der Waals surface area contributed by atoms with Crippen molar-refractivity contribution >= 4 is 23.6 Å². The second-order valence-electron chi connectivity index (χ2n) is 9.01. The molecule has 0 unspecified atom stereocenters. The summed E-state index contributed by atoms with van der Waals surface area (Å²) in [5.74, 6) is -2.10. The van der Waals surface area contributed by atoms with Crippen LogP contribution in [0.25, 0.3) is 0 Å². The average Bonchev–Trinajstić information content (AvgIpc) is 2.71. The van der Waals surface area contributed by atoms with Gasteiger partial charge in [-0.05, 0) is 37.7 Å². The Labute approximate surface area is 195 Å². The largest absolute Gasteiger partial charge is 0.454 e. The number of carbonyl (C=O) groups excluding carboxylic acids is 4. The molecule has 0 aromatic carbocycles. The first-order valence-corrected chi connectivity index (χ1v) is 11.6. The van der Waals surface area contributed by atoms with Gasteiger partial charge in [0.15, 0.2) is 0 Å². The Balaban J connectivity index is 2.01. The molecule has 7 heteroatoms. The molecule has 2 N–H and O–H groups in total. The predicted octanol–water partition coefficient (Wildman–Crippen LogP) is 3.34. The summed E-state index contributed by atoms with van der Waals surface area (Å²) in [6.07, 6.45) is 13.6. The van der Waals surface area contributed by atoms with E-state index in [1.165, 1.54) is 6.08 Å². The molecule has 0 bridgehead atoms. The number of piperidine rings is 1. The standard InChI is InChI=1S/C26H35NO6/c1-17-10-8-6-4-5-7-9-11-25(32)33-26(17)19(3)12-18(2)22(29)16-21(28)13-20-14-23(30)27-24(31)15-20/h4,6,8-12,17-18,20-21,26,28H,5,7,13-16H2,1-3H3,(H,27,30,31)/t17-,18-,21+,26+/m0/s1. The number of ketones is 1. The first-order chi connectivity index (χ1) is 15.7. The van der Waals surface area contributed by atoms with E-state index in [4.69, 9.17) is 4.74 Å². The maximum atomic E-state index is 12.7. The minimum atomic E-state index is -0.921. The van der Waals surface area contributed by atoms with Crippen LogP contribution >= 0.6 is 0 Å². The first-order valence-electron chi connectivity index (χ1n) is 11.6. The number of allylic oxidation sites excluding steroid dienone is 5. The van der Waals surface area contributed by atoms with Crippen molar-refractivity contribution in [2.24, 2.45) is 17.8 Å². The number of ether oxygens (including phenoxy) is 1. The fourth-order valence-corrected chi connectivity index (χ4v) is 4.16. The van der Waals surface area contributed by atoms with Gasteiger partial charge in [-0.1, -0.05) is 50.3 Å².